The van der Waals surface area contributed by atoms with Gasteiger partial charge in [0.1, 0.15) is 5.76 Å². The Morgan fingerprint density at radius 3 is 3.27 bits per heavy atom. The Hall–Kier alpha value is -2.35. The van der Waals surface area contributed by atoms with Gasteiger partial charge in [0.05, 0.1) is 23.0 Å². The van der Waals surface area contributed by atoms with E-state index in [1.807, 2.05) is 13.0 Å². The van der Waals surface area contributed by atoms with Gasteiger partial charge in [-0.3, -0.25) is 15.2 Å². The molecule has 1 unspecified atom stereocenters. The second kappa shape index (κ2) is 4.84. The standard InChI is InChI=1S/C14H12BrN5O2/c1-8-6-20(17-10-2-3-22-13(8)10)14(21)11-4-12-16-5-9(15)7-19(12)18-11/h2-5,7-8,17H,6H2,1H3. The van der Waals surface area contributed by atoms with Gasteiger partial charge in [-0.1, -0.05) is 6.92 Å². The molecule has 3 aromatic rings. The van der Waals surface area contributed by atoms with Gasteiger partial charge in [0, 0.05) is 30.4 Å². The Labute approximate surface area is 134 Å². The molecule has 1 N–H and O–H groups in total. The van der Waals surface area contributed by atoms with Gasteiger partial charge in [-0.2, -0.15) is 5.10 Å². The van der Waals surface area contributed by atoms with Crippen LogP contribution in [-0.2, 0) is 0 Å². The van der Waals surface area contributed by atoms with E-state index in [-0.39, 0.29) is 11.8 Å². The van der Waals surface area contributed by atoms with Crippen LogP contribution in [0.15, 0.2) is 39.7 Å². The molecule has 0 saturated carbocycles. The minimum absolute atomic E-state index is 0.125. The first-order valence-corrected chi connectivity index (χ1v) is 7.58. The van der Waals surface area contributed by atoms with E-state index in [0.717, 1.165) is 15.9 Å². The molecule has 0 aliphatic carbocycles. The lowest BCUT2D eigenvalue weighted by atomic mass is 10.1. The lowest BCUT2D eigenvalue weighted by molar-refractivity contribution is 0.0769. The summed E-state index contributed by atoms with van der Waals surface area (Å²) in [5, 5.41) is 5.84. The summed E-state index contributed by atoms with van der Waals surface area (Å²) in [5.74, 6) is 0.796. The Bertz CT molecular complexity index is 871. The molecule has 1 amide bonds. The number of hydrogen-bond acceptors (Lipinski definition) is 5. The van der Waals surface area contributed by atoms with Crippen LogP contribution >= 0.6 is 15.9 Å². The molecule has 0 saturated heterocycles. The van der Waals surface area contributed by atoms with Crippen LogP contribution in [0.4, 0.5) is 5.69 Å². The van der Waals surface area contributed by atoms with Crippen LogP contribution in [0, 0.1) is 0 Å². The van der Waals surface area contributed by atoms with Crippen molar-refractivity contribution in [3.05, 3.63) is 46.7 Å². The highest BCUT2D eigenvalue weighted by atomic mass is 79.9. The largest absolute Gasteiger partial charge is 0.467 e. The molecule has 112 valence electrons. The number of anilines is 1. The summed E-state index contributed by atoms with van der Waals surface area (Å²) in [6, 6.07) is 3.49. The van der Waals surface area contributed by atoms with E-state index in [0.29, 0.717) is 17.9 Å². The maximum atomic E-state index is 12.6. The van der Waals surface area contributed by atoms with Crippen molar-refractivity contribution in [3.8, 4) is 0 Å². The lowest BCUT2D eigenvalue weighted by Crippen LogP contribution is -2.42. The highest BCUT2D eigenvalue weighted by Crippen LogP contribution is 2.31. The van der Waals surface area contributed by atoms with Crippen molar-refractivity contribution in [2.45, 2.75) is 12.8 Å². The lowest BCUT2D eigenvalue weighted by Gasteiger charge is -2.30. The number of furan rings is 1. The van der Waals surface area contributed by atoms with Crippen LogP contribution in [0.3, 0.4) is 0 Å². The zero-order chi connectivity index (χ0) is 15.3. The summed E-state index contributed by atoms with van der Waals surface area (Å²) in [5.41, 5.74) is 4.86. The predicted octanol–water partition coefficient (Wildman–Crippen LogP) is 2.67. The van der Waals surface area contributed by atoms with E-state index >= 15 is 0 Å². The molecule has 0 spiro atoms. The first kappa shape index (κ1) is 13.3. The minimum atomic E-state index is -0.194. The fourth-order valence-corrected chi connectivity index (χ4v) is 2.87. The zero-order valence-electron chi connectivity index (χ0n) is 11.7. The van der Waals surface area contributed by atoms with Crippen molar-refractivity contribution in [2.24, 2.45) is 0 Å². The summed E-state index contributed by atoms with van der Waals surface area (Å²) in [4.78, 5) is 16.9. The summed E-state index contributed by atoms with van der Waals surface area (Å²) >= 11 is 3.34. The van der Waals surface area contributed by atoms with Gasteiger partial charge in [0.25, 0.3) is 5.91 Å². The monoisotopic (exact) mass is 361 g/mol. The van der Waals surface area contributed by atoms with Crippen LogP contribution in [0.5, 0.6) is 0 Å². The second-order valence-electron chi connectivity index (χ2n) is 5.23. The zero-order valence-corrected chi connectivity index (χ0v) is 13.2. The first-order valence-electron chi connectivity index (χ1n) is 6.78. The average molecular weight is 362 g/mol. The summed E-state index contributed by atoms with van der Waals surface area (Å²) in [6.45, 7) is 2.54. The van der Waals surface area contributed by atoms with Gasteiger partial charge in [-0.25, -0.2) is 9.50 Å². The third-order valence-electron chi connectivity index (χ3n) is 3.60. The number of amides is 1. The second-order valence-corrected chi connectivity index (χ2v) is 6.15. The molecular formula is C14H12BrN5O2. The molecule has 4 heterocycles. The molecular weight excluding hydrogens is 350 g/mol. The van der Waals surface area contributed by atoms with Crippen LogP contribution < -0.4 is 5.43 Å². The third-order valence-corrected chi connectivity index (χ3v) is 4.01. The average Bonchev–Trinajstić information content (AvgIpc) is 3.12. The van der Waals surface area contributed by atoms with E-state index < -0.39 is 0 Å². The molecule has 0 bridgehead atoms. The van der Waals surface area contributed by atoms with Crippen LogP contribution in [-0.4, -0.2) is 32.1 Å². The Morgan fingerprint density at radius 1 is 1.55 bits per heavy atom. The number of rotatable bonds is 1. The number of nitrogens with zero attached hydrogens (tertiary/aromatic N) is 4. The van der Waals surface area contributed by atoms with Gasteiger partial charge >= 0.3 is 0 Å². The minimum Gasteiger partial charge on any atom is -0.467 e. The van der Waals surface area contributed by atoms with Crippen molar-refractivity contribution >= 4 is 33.2 Å². The highest BCUT2D eigenvalue weighted by molar-refractivity contribution is 9.10. The molecule has 22 heavy (non-hydrogen) atoms. The van der Waals surface area contributed by atoms with Crippen LogP contribution in [0.25, 0.3) is 5.65 Å². The van der Waals surface area contributed by atoms with Crippen molar-refractivity contribution < 1.29 is 9.21 Å². The van der Waals surface area contributed by atoms with E-state index in [2.05, 4.69) is 31.4 Å². The summed E-state index contributed by atoms with van der Waals surface area (Å²) in [6.07, 6.45) is 5.05. The van der Waals surface area contributed by atoms with Crippen LogP contribution in [0.2, 0.25) is 0 Å². The van der Waals surface area contributed by atoms with Crippen LogP contribution in [0.1, 0.15) is 29.1 Å². The highest BCUT2D eigenvalue weighted by Gasteiger charge is 2.29. The molecule has 8 heteroatoms. The van der Waals surface area contributed by atoms with Crippen molar-refractivity contribution in [1.29, 1.82) is 0 Å². The van der Waals surface area contributed by atoms with Gasteiger partial charge in [0.15, 0.2) is 11.3 Å². The van der Waals surface area contributed by atoms with Gasteiger partial charge in [-0.05, 0) is 15.9 Å². The number of fused-ring (bicyclic) bond motifs is 2. The number of hydrogen-bond donors (Lipinski definition) is 1. The van der Waals surface area contributed by atoms with E-state index in [1.165, 1.54) is 0 Å². The first-order chi connectivity index (χ1) is 10.6. The summed E-state index contributed by atoms with van der Waals surface area (Å²) < 4.78 is 7.81. The quantitative estimate of drug-likeness (QED) is 0.720. The maximum Gasteiger partial charge on any atom is 0.292 e. The molecule has 1 aliphatic heterocycles. The third kappa shape index (κ3) is 2.07. The molecule has 0 fully saturated rings. The fourth-order valence-electron chi connectivity index (χ4n) is 2.57. The Balaban J connectivity index is 1.66. The fraction of sp³-hybridized carbons (Fsp3) is 0.214. The Kier molecular flexibility index (Phi) is 2.93. The van der Waals surface area contributed by atoms with Crippen molar-refractivity contribution in [1.82, 2.24) is 19.6 Å². The molecule has 7 nitrogen and oxygen atoms in total. The van der Waals surface area contributed by atoms with Crippen molar-refractivity contribution in [3.63, 3.8) is 0 Å². The topological polar surface area (TPSA) is 75.7 Å². The molecule has 1 atom stereocenters. The van der Waals surface area contributed by atoms with Gasteiger partial charge in [-0.15, -0.1) is 0 Å². The predicted molar refractivity (Wildman–Crippen MR) is 82.5 cm³/mol. The number of carbonyl (C=O) groups excluding carboxylic acids is 1. The number of aromatic nitrogens is 3. The SMILES string of the molecule is CC1CN(C(=O)c2cc3ncc(Br)cn3n2)Nc2ccoc21. The van der Waals surface area contributed by atoms with Gasteiger partial charge < -0.3 is 4.42 Å². The number of nitrogens with one attached hydrogen (secondary N) is 1. The molecule has 0 aromatic carbocycles. The number of carbonyl (C=O) groups is 1. The number of halogens is 1. The van der Waals surface area contributed by atoms with Crippen molar-refractivity contribution in [2.75, 3.05) is 12.0 Å². The summed E-state index contributed by atoms with van der Waals surface area (Å²) in [7, 11) is 0. The molecule has 1 aliphatic rings. The van der Waals surface area contributed by atoms with E-state index in [1.54, 1.807) is 34.2 Å². The smallest absolute Gasteiger partial charge is 0.292 e. The van der Waals surface area contributed by atoms with E-state index in [4.69, 9.17) is 4.42 Å². The number of hydrazine groups is 1. The molecule has 4 rings (SSSR count). The van der Waals surface area contributed by atoms with E-state index in [9.17, 15) is 4.79 Å². The normalized spacial score (nSPS) is 17.4. The molecule has 0 radical (unpaired) electrons. The molecule has 3 aromatic heterocycles. The maximum absolute atomic E-state index is 12.6. The Morgan fingerprint density at radius 2 is 2.41 bits per heavy atom. The van der Waals surface area contributed by atoms with Gasteiger partial charge in [0.2, 0.25) is 0 Å².